The molecule has 21 heavy (non-hydrogen) atoms. The zero-order chi connectivity index (χ0) is 15.6. The van der Waals surface area contributed by atoms with Gasteiger partial charge in [0.25, 0.3) is 0 Å². The summed E-state index contributed by atoms with van der Waals surface area (Å²) in [5.41, 5.74) is 5.56. The normalized spacial score (nSPS) is 20.3. The monoisotopic (exact) mass is 321 g/mol. The fourth-order valence-electron chi connectivity index (χ4n) is 2.93. The van der Waals surface area contributed by atoms with Crippen molar-refractivity contribution in [3.05, 3.63) is 34.3 Å². The molecule has 6 heteroatoms. The Morgan fingerprint density at radius 1 is 1.19 bits per heavy atom. The van der Waals surface area contributed by atoms with E-state index in [1.54, 1.807) is 0 Å². The van der Waals surface area contributed by atoms with Crippen LogP contribution in [0.2, 0.25) is 5.02 Å². The lowest BCUT2D eigenvalue weighted by molar-refractivity contribution is -0.137. The van der Waals surface area contributed by atoms with E-state index in [2.05, 4.69) is 0 Å². The number of aliphatic hydroxyl groups excluding tert-OH is 1. The van der Waals surface area contributed by atoms with E-state index in [-0.39, 0.29) is 10.9 Å². The molecule has 0 heterocycles. The maximum absolute atomic E-state index is 12.7. The maximum atomic E-state index is 12.7. The van der Waals surface area contributed by atoms with Gasteiger partial charge in [-0.2, -0.15) is 13.2 Å². The second-order valence-electron chi connectivity index (χ2n) is 5.65. The smallest absolute Gasteiger partial charge is 0.391 e. The molecule has 1 aliphatic carbocycles. The molecule has 0 spiro atoms. The molecule has 1 aromatic rings. The summed E-state index contributed by atoms with van der Waals surface area (Å²) in [6.07, 6.45) is -0.151. The lowest BCUT2D eigenvalue weighted by atomic mass is 9.81. The first-order valence-electron chi connectivity index (χ1n) is 7.11. The highest BCUT2D eigenvalue weighted by Gasteiger charge is 2.34. The maximum Gasteiger partial charge on any atom is 0.417 e. The third-order valence-electron chi connectivity index (χ3n) is 4.18. The van der Waals surface area contributed by atoms with Crippen LogP contribution in [0.15, 0.2) is 18.2 Å². The second kappa shape index (κ2) is 6.55. The van der Waals surface area contributed by atoms with Gasteiger partial charge in [-0.25, -0.2) is 0 Å². The van der Waals surface area contributed by atoms with Gasteiger partial charge in [0.2, 0.25) is 0 Å². The summed E-state index contributed by atoms with van der Waals surface area (Å²) in [6.45, 7) is 0. The van der Waals surface area contributed by atoms with Gasteiger partial charge in [-0.1, -0.05) is 36.9 Å². The number of alkyl halides is 3. The van der Waals surface area contributed by atoms with Crippen molar-refractivity contribution in [1.82, 2.24) is 0 Å². The van der Waals surface area contributed by atoms with E-state index in [0.29, 0.717) is 5.56 Å². The lowest BCUT2D eigenvalue weighted by Gasteiger charge is -2.30. The Morgan fingerprint density at radius 3 is 2.33 bits per heavy atom. The van der Waals surface area contributed by atoms with Gasteiger partial charge < -0.3 is 10.8 Å². The zero-order valence-corrected chi connectivity index (χ0v) is 12.3. The van der Waals surface area contributed by atoms with Gasteiger partial charge in [-0.3, -0.25) is 0 Å². The van der Waals surface area contributed by atoms with Crippen LogP contribution < -0.4 is 5.73 Å². The van der Waals surface area contributed by atoms with E-state index in [1.165, 1.54) is 12.1 Å². The predicted molar refractivity (Wildman–Crippen MR) is 76.0 cm³/mol. The molecule has 1 aliphatic rings. The van der Waals surface area contributed by atoms with Crippen molar-refractivity contribution in [2.45, 2.75) is 50.4 Å². The molecule has 0 radical (unpaired) electrons. The number of benzene rings is 1. The average Bonchev–Trinajstić information content (AvgIpc) is 2.45. The van der Waals surface area contributed by atoms with Gasteiger partial charge in [0.1, 0.15) is 0 Å². The van der Waals surface area contributed by atoms with Crippen LogP contribution >= 0.6 is 11.6 Å². The van der Waals surface area contributed by atoms with Gasteiger partial charge in [-0.15, -0.1) is 0 Å². The van der Waals surface area contributed by atoms with E-state index in [0.717, 1.165) is 38.2 Å². The molecule has 1 saturated carbocycles. The number of rotatable bonds is 3. The SMILES string of the molecule is N[C@@H](c1ccc(C(F)(F)F)c(Cl)c1)[C@H](O)C1CCCCC1. The molecule has 2 nitrogen and oxygen atoms in total. The van der Waals surface area contributed by atoms with E-state index >= 15 is 0 Å². The first kappa shape index (κ1) is 16.6. The molecule has 0 amide bonds. The summed E-state index contributed by atoms with van der Waals surface area (Å²) in [5.74, 6) is 0.106. The Kier molecular flexibility index (Phi) is 5.17. The Morgan fingerprint density at radius 2 is 1.81 bits per heavy atom. The third kappa shape index (κ3) is 3.90. The Balaban J connectivity index is 2.15. The van der Waals surface area contributed by atoms with E-state index < -0.39 is 23.9 Å². The quantitative estimate of drug-likeness (QED) is 0.872. The van der Waals surface area contributed by atoms with Crippen LogP contribution in [0.4, 0.5) is 13.2 Å². The van der Waals surface area contributed by atoms with Crippen LogP contribution in [0.5, 0.6) is 0 Å². The van der Waals surface area contributed by atoms with Crippen molar-refractivity contribution in [2.24, 2.45) is 11.7 Å². The molecule has 0 unspecified atom stereocenters. The molecular weight excluding hydrogens is 303 g/mol. The first-order chi connectivity index (χ1) is 9.80. The Labute approximate surface area is 127 Å². The predicted octanol–water partition coefficient (Wildman–Crippen LogP) is 4.30. The summed E-state index contributed by atoms with van der Waals surface area (Å²) < 4.78 is 38.0. The van der Waals surface area contributed by atoms with Crippen LogP contribution in [-0.2, 0) is 6.18 Å². The number of hydrogen-bond acceptors (Lipinski definition) is 2. The molecule has 3 N–H and O–H groups in total. The van der Waals surface area contributed by atoms with Crippen LogP contribution in [0, 0.1) is 5.92 Å². The van der Waals surface area contributed by atoms with Gasteiger partial charge in [0, 0.05) is 0 Å². The van der Waals surface area contributed by atoms with E-state index in [4.69, 9.17) is 17.3 Å². The Hall–Kier alpha value is -0.780. The van der Waals surface area contributed by atoms with Crippen molar-refractivity contribution in [3.8, 4) is 0 Å². The van der Waals surface area contributed by atoms with Gasteiger partial charge in [0.15, 0.2) is 0 Å². The minimum absolute atomic E-state index is 0.106. The average molecular weight is 322 g/mol. The minimum Gasteiger partial charge on any atom is -0.391 e. The molecule has 0 bridgehead atoms. The molecule has 0 saturated heterocycles. The second-order valence-corrected chi connectivity index (χ2v) is 6.06. The van der Waals surface area contributed by atoms with Crippen molar-refractivity contribution in [2.75, 3.05) is 0 Å². The van der Waals surface area contributed by atoms with Crippen molar-refractivity contribution < 1.29 is 18.3 Å². The van der Waals surface area contributed by atoms with Crippen LogP contribution in [-0.4, -0.2) is 11.2 Å². The molecule has 1 fully saturated rings. The number of aliphatic hydroxyl groups is 1. The summed E-state index contributed by atoms with van der Waals surface area (Å²) in [5, 5.41) is 9.94. The minimum atomic E-state index is -4.48. The molecule has 0 aromatic heterocycles. The topological polar surface area (TPSA) is 46.2 Å². The molecule has 1 aromatic carbocycles. The van der Waals surface area contributed by atoms with Crippen molar-refractivity contribution >= 4 is 11.6 Å². The largest absolute Gasteiger partial charge is 0.417 e. The summed E-state index contributed by atoms with van der Waals surface area (Å²) in [4.78, 5) is 0. The van der Waals surface area contributed by atoms with Crippen molar-refractivity contribution in [3.63, 3.8) is 0 Å². The highest BCUT2D eigenvalue weighted by molar-refractivity contribution is 6.31. The third-order valence-corrected chi connectivity index (χ3v) is 4.50. The van der Waals surface area contributed by atoms with Crippen LogP contribution in [0.3, 0.4) is 0 Å². The fraction of sp³-hybridized carbons (Fsp3) is 0.600. The van der Waals surface area contributed by atoms with E-state index in [9.17, 15) is 18.3 Å². The number of nitrogens with two attached hydrogens (primary N) is 1. The highest BCUT2D eigenvalue weighted by Crippen LogP contribution is 2.37. The fourth-order valence-corrected chi connectivity index (χ4v) is 3.23. The summed E-state index contributed by atoms with van der Waals surface area (Å²) in [7, 11) is 0. The molecular formula is C15H19ClF3NO. The molecule has 118 valence electrons. The lowest BCUT2D eigenvalue weighted by Crippen LogP contribution is -2.34. The highest BCUT2D eigenvalue weighted by atomic mass is 35.5. The summed E-state index contributed by atoms with van der Waals surface area (Å²) >= 11 is 5.69. The summed E-state index contributed by atoms with van der Waals surface area (Å²) in [6, 6.07) is 2.71. The van der Waals surface area contributed by atoms with E-state index in [1.807, 2.05) is 0 Å². The Bertz CT molecular complexity index is 486. The van der Waals surface area contributed by atoms with Crippen LogP contribution in [0.1, 0.15) is 49.3 Å². The standard InChI is InChI=1S/C15H19ClF3NO/c16-12-8-10(6-7-11(12)15(17,18)19)13(20)14(21)9-4-2-1-3-5-9/h6-9,13-14,21H,1-5,20H2/t13-,14+/m0/s1. The first-order valence-corrected chi connectivity index (χ1v) is 7.49. The number of halogens is 4. The van der Waals surface area contributed by atoms with Gasteiger partial charge >= 0.3 is 6.18 Å². The van der Waals surface area contributed by atoms with Crippen molar-refractivity contribution in [1.29, 1.82) is 0 Å². The zero-order valence-electron chi connectivity index (χ0n) is 11.5. The van der Waals surface area contributed by atoms with Gasteiger partial charge in [-0.05, 0) is 36.5 Å². The van der Waals surface area contributed by atoms with Crippen LogP contribution in [0.25, 0.3) is 0 Å². The van der Waals surface area contributed by atoms with Gasteiger partial charge in [0.05, 0.1) is 22.7 Å². The molecule has 2 rings (SSSR count). The molecule has 0 aliphatic heterocycles. The molecule has 2 atom stereocenters. The number of hydrogen-bond donors (Lipinski definition) is 2.